The predicted octanol–water partition coefficient (Wildman–Crippen LogP) is 2.59. The van der Waals surface area contributed by atoms with Gasteiger partial charge in [-0.3, -0.25) is 0 Å². The lowest BCUT2D eigenvalue weighted by atomic mass is 10.2. The summed E-state index contributed by atoms with van der Waals surface area (Å²) in [5.74, 6) is 0.590. The fraction of sp³-hybridized carbons (Fsp3) is 0.600. The van der Waals surface area contributed by atoms with E-state index in [-0.39, 0.29) is 29.9 Å². The molecule has 23 heavy (non-hydrogen) atoms. The van der Waals surface area contributed by atoms with Gasteiger partial charge in [-0.1, -0.05) is 6.07 Å². The van der Waals surface area contributed by atoms with E-state index in [0.29, 0.717) is 19.4 Å². The molecule has 0 amide bonds. The van der Waals surface area contributed by atoms with E-state index in [9.17, 15) is 21.6 Å². The van der Waals surface area contributed by atoms with Crippen molar-refractivity contribution in [3.63, 3.8) is 0 Å². The van der Waals surface area contributed by atoms with Crippen LogP contribution < -0.4 is 4.74 Å². The van der Waals surface area contributed by atoms with E-state index in [1.165, 1.54) is 12.1 Å². The van der Waals surface area contributed by atoms with Crippen molar-refractivity contribution in [2.75, 3.05) is 31.7 Å². The molecule has 0 spiro atoms. The number of benzene rings is 1. The minimum atomic E-state index is -4.38. The Morgan fingerprint density at radius 3 is 2.70 bits per heavy atom. The second-order valence-electron chi connectivity index (χ2n) is 5.77. The zero-order valence-corrected chi connectivity index (χ0v) is 13.7. The summed E-state index contributed by atoms with van der Waals surface area (Å²) < 4.78 is 66.0. The molecule has 1 aromatic rings. The summed E-state index contributed by atoms with van der Waals surface area (Å²) in [7, 11) is -1.06. The molecular weight excluding hydrogens is 331 g/mol. The fourth-order valence-electron chi connectivity index (χ4n) is 2.57. The Balaban J connectivity index is 1.75. The van der Waals surface area contributed by atoms with Crippen LogP contribution in [0.1, 0.15) is 18.4 Å². The van der Waals surface area contributed by atoms with Gasteiger partial charge in [0.05, 0.1) is 23.7 Å². The number of ether oxygens (including phenoxy) is 1. The van der Waals surface area contributed by atoms with Crippen LogP contribution in [0.5, 0.6) is 5.75 Å². The van der Waals surface area contributed by atoms with Gasteiger partial charge in [-0.05, 0) is 38.1 Å². The predicted molar refractivity (Wildman–Crippen MR) is 81.2 cm³/mol. The van der Waals surface area contributed by atoms with Crippen LogP contribution in [0.4, 0.5) is 13.2 Å². The standard InChI is InChI=1S/C15H20F3NO3S/c1-19(13-6-9-23(20,21)11-13)7-3-8-22-14-5-2-4-12(10-14)15(16,17)18/h2,4-5,10,13H,3,6-9,11H2,1H3. The van der Waals surface area contributed by atoms with E-state index in [1.54, 1.807) is 0 Å². The quantitative estimate of drug-likeness (QED) is 0.739. The highest BCUT2D eigenvalue weighted by molar-refractivity contribution is 7.91. The lowest BCUT2D eigenvalue weighted by Crippen LogP contribution is -2.34. The van der Waals surface area contributed by atoms with E-state index in [1.807, 2.05) is 11.9 Å². The van der Waals surface area contributed by atoms with Gasteiger partial charge in [0.1, 0.15) is 5.75 Å². The highest BCUT2D eigenvalue weighted by Gasteiger charge is 2.31. The van der Waals surface area contributed by atoms with Gasteiger partial charge in [0.2, 0.25) is 0 Å². The third-order valence-electron chi connectivity index (χ3n) is 3.92. The van der Waals surface area contributed by atoms with E-state index in [4.69, 9.17) is 4.74 Å². The average Bonchev–Trinajstić information content (AvgIpc) is 2.83. The molecule has 0 aromatic heterocycles. The Kier molecular flexibility index (Phi) is 5.57. The minimum absolute atomic E-state index is 0.0218. The number of hydrogen-bond donors (Lipinski definition) is 0. The van der Waals surface area contributed by atoms with Crippen molar-refractivity contribution >= 4 is 9.84 Å². The van der Waals surface area contributed by atoms with Crippen LogP contribution in [0.3, 0.4) is 0 Å². The molecule has 1 aliphatic rings. The maximum Gasteiger partial charge on any atom is 0.416 e. The maximum absolute atomic E-state index is 12.6. The van der Waals surface area contributed by atoms with Gasteiger partial charge in [0, 0.05) is 12.6 Å². The normalized spacial score (nSPS) is 20.8. The number of hydrogen-bond acceptors (Lipinski definition) is 4. The summed E-state index contributed by atoms with van der Waals surface area (Å²) in [6.45, 7) is 0.921. The Morgan fingerprint density at radius 1 is 1.35 bits per heavy atom. The molecule has 0 N–H and O–H groups in total. The van der Waals surface area contributed by atoms with Gasteiger partial charge in [-0.15, -0.1) is 0 Å². The summed E-state index contributed by atoms with van der Waals surface area (Å²) in [5.41, 5.74) is -0.733. The summed E-state index contributed by atoms with van der Waals surface area (Å²) in [6, 6.07) is 4.80. The van der Waals surface area contributed by atoms with Crippen LogP contribution in [0, 0.1) is 0 Å². The first-order valence-corrected chi connectivity index (χ1v) is 9.20. The second-order valence-corrected chi connectivity index (χ2v) is 7.99. The Bertz CT molecular complexity index is 631. The van der Waals surface area contributed by atoms with Crippen molar-refractivity contribution in [3.05, 3.63) is 29.8 Å². The molecule has 4 nitrogen and oxygen atoms in total. The number of rotatable bonds is 6. The summed E-state index contributed by atoms with van der Waals surface area (Å²) in [5, 5.41) is 0. The summed E-state index contributed by atoms with van der Waals surface area (Å²) in [4.78, 5) is 1.97. The molecule has 1 heterocycles. The molecule has 0 bridgehead atoms. The summed E-state index contributed by atoms with van der Waals surface area (Å²) >= 11 is 0. The molecule has 1 unspecified atom stereocenters. The molecule has 1 atom stereocenters. The molecule has 0 saturated carbocycles. The topological polar surface area (TPSA) is 46.6 Å². The Hall–Kier alpha value is -1.28. The van der Waals surface area contributed by atoms with Gasteiger partial charge < -0.3 is 9.64 Å². The van der Waals surface area contributed by atoms with E-state index in [0.717, 1.165) is 12.1 Å². The highest BCUT2D eigenvalue weighted by atomic mass is 32.2. The van der Waals surface area contributed by atoms with Crippen LogP contribution in [0.15, 0.2) is 24.3 Å². The van der Waals surface area contributed by atoms with Crippen molar-refractivity contribution in [2.24, 2.45) is 0 Å². The first-order valence-electron chi connectivity index (χ1n) is 7.38. The van der Waals surface area contributed by atoms with Gasteiger partial charge in [0.25, 0.3) is 0 Å². The van der Waals surface area contributed by atoms with Gasteiger partial charge in [-0.2, -0.15) is 13.2 Å². The van der Waals surface area contributed by atoms with Gasteiger partial charge in [-0.25, -0.2) is 8.42 Å². The number of halogens is 3. The molecule has 1 aliphatic heterocycles. The van der Waals surface area contributed by atoms with Crippen LogP contribution in [-0.4, -0.2) is 51.1 Å². The van der Waals surface area contributed by atoms with Crippen molar-refractivity contribution in [3.8, 4) is 5.75 Å². The third kappa shape index (κ3) is 5.39. The van der Waals surface area contributed by atoms with Crippen molar-refractivity contribution < 1.29 is 26.3 Å². The maximum atomic E-state index is 12.6. The van der Waals surface area contributed by atoms with Crippen molar-refractivity contribution in [1.29, 1.82) is 0 Å². The Morgan fingerprint density at radius 2 is 2.09 bits per heavy atom. The Labute approximate surface area is 134 Å². The number of nitrogens with zero attached hydrogens (tertiary/aromatic N) is 1. The van der Waals surface area contributed by atoms with Crippen LogP contribution in [0.2, 0.25) is 0 Å². The van der Waals surface area contributed by atoms with E-state index < -0.39 is 21.6 Å². The molecule has 1 saturated heterocycles. The molecule has 8 heteroatoms. The average molecular weight is 351 g/mol. The fourth-order valence-corrected chi connectivity index (χ4v) is 4.38. The molecular formula is C15H20F3NO3S. The van der Waals surface area contributed by atoms with Crippen LogP contribution in [0.25, 0.3) is 0 Å². The molecule has 1 aromatic carbocycles. The van der Waals surface area contributed by atoms with Gasteiger partial charge in [0.15, 0.2) is 9.84 Å². The van der Waals surface area contributed by atoms with E-state index >= 15 is 0 Å². The smallest absolute Gasteiger partial charge is 0.416 e. The lowest BCUT2D eigenvalue weighted by Gasteiger charge is -2.22. The van der Waals surface area contributed by atoms with E-state index in [2.05, 4.69) is 0 Å². The molecule has 0 radical (unpaired) electrons. The minimum Gasteiger partial charge on any atom is -0.494 e. The first-order chi connectivity index (χ1) is 10.7. The zero-order valence-electron chi connectivity index (χ0n) is 12.8. The van der Waals surface area contributed by atoms with Crippen LogP contribution >= 0.6 is 0 Å². The molecule has 2 rings (SSSR count). The summed E-state index contributed by atoms with van der Waals surface area (Å²) in [6.07, 6.45) is -3.13. The largest absolute Gasteiger partial charge is 0.494 e. The SMILES string of the molecule is CN(CCCOc1cccc(C(F)(F)F)c1)C1CCS(=O)(=O)C1. The third-order valence-corrected chi connectivity index (χ3v) is 5.67. The second kappa shape index (κ2) is 7.09. The molecule has 0 aliphatic carbocycles. The first kappa shape index (κ1) is 18.1. The van der Waals surface area contributed by atoms with Crippen molar-refractivity contribution in [1.82, 2.24) is 4.90 Å². The zero-order chi connectivity index (χ0) is 17.1. The molecule has 1 fully saturated rings. The van der Waals surface area contributed by atoms with Crippen LogP contribution in [-0.2, 0) is 16.0 Å². The highest BCUT2D eigenvalue weighted by Crippen LogP contribution is 2.31. The number of sulfone groups is 1. The number of alkyl halides is 3. The lowest BCUT2D eigenvalue weighted by molar-refractivity contribution is -0.137. The molecule has 130 valence electrons. The van der Waals surface area contributed by atoms with Crippen molar-refractivity contribution in [2.45, 2.75) is 25.1 Å². The monoisotopic (exact) mass is 351 g/mol. The van der Waals surface area contributed by atoms with Gasteiger partial charge >= 0.3 is 6.18 Å².